The Morgan fingerprint density at radius 1 is 1.26 bits per heavy atom. The van der Waals surface area contributed by atoms with Gasteiger partial charge in [-0.15, -0.1) is 0 Å². The summed E-state index contributed by atoms with van der Waals surface area (Å²) in [5.41, 5.74) is 1.20. The molecule has 0 aliphatic carbocycles. The number of aromatic nitrogens is 4. The van der Waals surface area contributed by atoms with E-state index in [2.05, 4.69) is 26.3 Å². The average Bonchev–Trinajstić information content (AvgIpc) is 2.91. The quantitative estimate of drug-likeness (QED) is 0.765. The highest BCUT2D eigenvalue weighted by atomic mass is 16.2. The highest BCUT2D eigenvalue weighted by Gasteiger charge is 2.22. The first-order chi connectivity index (χ1) is 11.0. The van der Waals surface area contributed by atoms with Gasteiger partial charge in [-0.05, 0) is 13.8 Å². The number of anilines is 1. The molecule has 0 spiro atoms. The normalized spacial score (nSPS) is 15.2. The molecule has 8 heteroatoms. The van der Waals surface area contributed by atoms with Gasteiger partial charge in [-0.1, -0.05) is 11.6 Å². The molecule has 0 radical (unpaired) electrons. The molecule has 1 aliphatic rings. The Morgan fingerprint density at radius 2 is 1.96 bits per heavy atom. The molecule has 1 aliphatic heterocycles. The highest BCUT2D eigenvalue weighted by molar-refractivity contribution is 5.74. The van der Waals surface area contributed by atoms with Crippen molar-refractivity contribution in [3.05, 3.63) is 32.5 Å². The Kier molecular flexibility index (Phi) is 4.08. The molecule has 3 heterocycles. The molecular formula is C15H22N6O2. The molecule has 0 aromatic carbocycles. The Morgan fingerprint density at radius 3 is 2.61 bits per heavy atom. The van der Waals surface area contributed by atoms with Gasteiger partial charge in [0.25, 0.3) is 5.56 Å². The van der Waals surface area contributed by atoms with Gasteiger partial charge in [-0.25, -0.2) is 4.79 Å². The molecule has 0 unspecified atom stereocenters. The van der Waals surface area contributed by atoms with Crippen LogP contribution >= 0.6 is 0 Å². The lowest BCUT2D eigenvalue weighted by atomic mass is 10.3. The molecule has 1 fully saturated rings. The lowest BCUT2D eigenvalue weighted by Crippen LogP contribution is -2.44. The lowest BCUT2D eigenvalue weighted by molar-refractivity contribution is 0.572. The first-order valence-electron chi connectivity index (χ1n) is 7.77. The van der Waals surface area contributed by atoms with E-state index in [9.17, 15) is 9.59 Å². The van der Waals surface area contributed by atoms with Gasteiger partial charge in [0.1, 0.15) is 0 Å². The van der Waals surface area contributed by atoms with E-state index in [4.69, 9.17) is 0 Å². The highest BCUT2D eigenvalue weighted by Crippen LogP contribution is 2.20. The summed E-state index contributed by atoms with van der Waals surface area (Å²) in [5, 5.41) is 3.31. The van der Waals surface area contributed by atoms with Crippen LogP contribution in [0.1, 0.15) is 13.8 Å². The number of hydrogen-bond acceptors (Lipinski definition) is 5. The predicted octanol–water partition coefficient (Wildman–Crippen LogP) is -0.201. The van der Waals surface area contributed by atoms with Crippen molar-refractivity contribution < 1.29 is 0 Å². The van der Waals surface area contributed by atoms with Crippen LogP contribution in [-0.2, 0) is 13.6 Å². The number of nitrogens with zero attached hydrogens (tertiary/aromatic N) is 4. The number of hydrogen-bond donors (Lipinski definition) is 2. The molecule has 2 aromatic heterocycles. The Bertz CT molecular complexity index is 862. The first-order valence-corrected chi connectivity index (χ1v) is 7.77. The van der Waals surface area contributed by atoms with Crippen molar-refractivity contribution in [2.45, 2.75) is 20.4 Å². The van der Waals surface area contributed by atoms with Crippen molar-refractivity contribution in [2.75, 3.05) is 31.1 Å². The average molecular weight is 318 g/mol. The van der Waals surface area contributed by atoms with E-state index >= 15 is 0 Å². The summed E-state index contributed by atoms with van der Waals surface area (Å²) in [6.07, 6.45) is 2.05. The minimum Gasteiger partial charge on any atom is -0.340 e. The lowest BCUT2D eigenvalue weighted by Gasteiger charge is -2.28. The fourth-order valence-electron chi connectivity index (χ4n) is 2.78. The van der Waals surface area contributed by atoms with Crippen LogP contribution in [0.4, 0.5) is 5.95 Å². The smallest absolute Gasteiger partial charge is 0.329 e. The summed E-state index contributed by atoms with van der Waals surface area (Å²) in [5.74, 6) is 0.741. The zero-order chi connectivity index (χ0) is 16.6. The van der Waals surface area contributed by atoms with E-state index < -0.39 is 5.69 Å². The Labute approximate surface area is 133 Å². The van der Waals surface area contributed by atoms with Crippen molar-refractivity contribution in [2.24, 2.45) is 7.05 Å². The van der Waals surface area contributed by atoms with Gasteiger partial charge in [-0.3, -0.25) is 14.3 Å². The first kappa shape index (κ1) is 15.5. The van der Waals surface area contributed by atoms with Gasteiger partial charge >= 0.3 is 5.69 Å². The predicted molar refractivity (Wildman–Crippen MR) is 90.1 cm³/mol. The maximum atomic E-state index is 12.3. The zero-order valence-corrected chi connectivity index (χ0v) is 13.7. The second kappa shape index (κ2) is 6.04. The van der Waals surface area contributed by atoms with Crippen LogP contribution in [0.3, 0.4) is 0 Å². The molecule has 8 nitrogen and oxygen atoms in total. The van der Waals surface area contributed by atoms with Crippen molar-refractivity contribution in [3.8, 4) is 0 Å². The van der Waals surface area contributed by atoms with Crippen molar-refractivity contribution in [3.63, 3.8) is 0 Å². The third-order valence-corrected chi connectivity index (χ3v) is 4.07. The number of piperazine rings is 1. The molecule has 2 N–H and O–H groups in total. The van der Waals surface area contributed by atoms with E-state index in [-0.39, 0.29) is 5.56 Å². The number of aromatic amines is 1. The van der Waals surface area contributed by atoms with E-state index in [0.29, 0.717) is 17.7 Å². The van der Waals surface area contributed by atoms with Gasteiger partial charge < -0.3 is 14.8 Å². The summed E-state index contributed by atoms with van der Waals surface area (Å²) in [7, 11) is 1.63. The van der Waals surface area contributed by atoms with E-state index in [1.807, 2.05) is 18.4 Å². The van der Waals surface area contributed by atoms with Crippen LogP contribution in [0, 0.1) is 0 Å². The molecule has 0 bridgehead atoms. The molecule has 0 amide bonds. The van der Waals surface area contributed by atoms with Crippen molar-refractivity contribution in [1.82, 2.24) is 24.4 Å². The SMILES string of the molecule is CC(C)=CCn1c(N2CCNCC2)nc2c1c(=O)[nH]c(=O)n2C. The van der Waals surface area contributed by atoms with Crippen LogP contribution in [0.25, 0.3) is 11.2 Å². The number of rotatable bonds is 3. The third-order valence-electron chi connectivity index (χ3n) is 4.07. The third kappa shape index (κ3) is 2.81. The van der Waals surface area contributed by atoms with Gasteiger partial charge in [0.15, 0.2) is 11.2 Å². The summed E-state index contributed by atoms with van der Waals surface area (Å²) in [6, 6.07) is 0. The summed E-state index contributed by atoms with van der Waals surface area (Å²) in [4.78, 5) is 33.3. The second-order valence-electron chi connectivity index (χ2n) is 6.03. The van der Waals surface area contributed by atoms with E-state index in [1.165, 1.54) is 10.1 Å². The standard InChI is InChI=1S/C15H22N6O2/c1-10(2)4-7-21-11-12(19(3)15(23)18-13(11)22)17-14(21)20-8-5-16-6-9-20/h4,16H,5-9H2,1-3H3,(H,18,22,23). The van der Waals surface area contributed by atoms with Crippen molar-refractivity contribution in [1.29, 1.82) is 0 Å². The van der Waals surface area contributed by atoms with E-state index in [0.717, 1.165) is 32.1 Å². The Hall–Kier alpha value is -2.35. The minimum absolute atomic E-state index is 0.390. The maximum Gasteiger partial charge on any atom is 0.329 e. The number of nitrogens with one attached hydrogen (secondary N) is 2. The second-order valence-corrected chi connectivity index (χ2v) is 6.03. The van der Waals surface area contributed by atoms with Gasteiger partial charge in [-0.2, -0.15) is 4.98 Å². The summed E-state index contributed by atoms with van der Waals surface area (Å²) in [6.45, 7) is 7.99. The maximum absolute atomic E-state index is 12.3. The monoisotopic (exact) mass is 318 g/mol. The molecule has 3 rings (SSSR count). The fourth-order valence-corrected chi connectivity index (χ4v) is 2.78. The van der Waals surface area contributed by atoms with Gasteiger partial charge in [0, 0.05) is 39.8 Å². The molecule has 0 saturated carbocycles. The largest absolute Gasteiger partial charge is 0.340 e. The molecule has 2 aromatic rings. The van der Waals surface area contributed by atoms with Gasteiger partial charge in [0.2, 0.25) is 5.95 Å². The summed E-state index contributed by atoms with van der Waals surface area (Å²) >= 11 is 0. The number of fused-ring (bicyclic) bond motifs is 1. The minimum atomic E-state index is -0.443. The van der Waals surface area contributed by atoms with E-state index in [1.54, 1.807) is 7.05 Å². The summed E-state index contributed by atoms with van der Waals surface area (Å²) < 4.78 is 3.29. The number of H-pyrrole nitrogens is 1. The molecule has 124 valence electrons. The fraction of sp³-hybridized carbons (Fsp3) is 0.533. The van der Waals surface area contributed by atoms with Crippen molar-refractivity contribution >= 4 is 17.1 Å². The van der Waals surface area contributed by atoms with Crippen LogP contribution in [0.2, 0.25) is 0 Å². The molecule has 0 atom stereocenters. The van der Waals surface area contributed by atoms with Crippen LogP contribution in [0.5, 0.6) is 0 Å². The topological polar surface area (TPSA) is 88.0 Å². The van der Waals surface area contributed by atoms with Crippen LogP contribution in [0.15, 0.2) is 21.2 Å². The number of allylic oxidation sites excluding steroid dienone is 2. The molecule has 23 heavy (non-hydrogen) atoms. The molecular weight excluding hydrogens is 296 g/mol. The Balaban J connectivity index is 2.24. The zero-order valence-electron chi connectivity index (χ0n) is 13.7. The van der Waals surface area contributed by atoms with Gasteiger partial charge in [0.05, 0.1) is 0 Å². The number of aryl methyl sites for hydroxylation is 1. The van der Waals surface area contributed by atoms with Crippen LogP contribution < -0.4 is 21.5 Å². The number of imidazole rings is 1. The molecule has 1 saturated heterocycles. The van der Waals surface area contributed by atoms with Crippen LogP contribution in [-0.4, -0.2) is 45.3 Å².